The molecule has 25 heavy (non-hydrogen) atoms. The number of nitro groups is 1. The lowest BCUT2D eigenvalue weighted by Crippen LogP contribution is -2.02. The van der Waals surface area contributed by atoms with Gasteiger partial charge in [-0.1, -0.05) is 0 Å². The second kappa shape index (κ2) is 7.59. The van der Waals surface area contributed by atoms with Gasteiger partial charge in [0.05, 0.1) is 35.6 Å². The largest absolute Gasteiger partial charge is 0.493 e. The second-order valence-corrected chi connectivity index (χ2v) is 5.87. The van der Waals surface area contributed by atoms with Crippen LogP contribution < -0.4 is 9.47 Å². The molecule has 2 aromatic rings. The SMILES string of the molecule is COc1cc(/C=C(\C#N)C(=O)c2sccc2C)c([N+](=O)[O-])cc1OC. The number of ether oxygens (including phenoxy) is 2. The van der Waals surface area contributed by atoms with E-state index in [2.05, 4.69) is 0 Å². The Kier molecular flexibility index (Phi) is 5.52. The lowest BCUT2D eigenvalue weighted by atomic mass is 10.0. The van der Waals surface area contributed by atoms with E-state index in [1.165, 1.54) is 43.8 Å². The van der Waals surface area contributed by atoms with Crippen LogP contribution in [0.15, 0.2) is 29.2 Å². The third kappa shape index (κ3) is 3.67. The van der Waals surface area contributed by atoms with Crippen LogP contribution in [-0.4, -0.2) is 24.9 Å². The minimum atomic E-state index is -0.607. The summed E-state index contributed by atoms with van der Waals surface area (Å²) in [4.78, 5) is 23.7. The Morgan fingerprint density at radius 2 is 1.96 bits per heavy atom. The van der Waals surface area contributed by atoms with Gasteiger partial charge in [-0.05, 0) is 36.1 Å². The summed E-state index contributed by atoms with van der Waals surface area (Å²) in [6.07, 6.45) is 1.20. The third-order valence-corrected chi connectivity index (χ3v) is 4.48. The Balaban J connectivity index is 2.61. The molecule has 0 aliphatic rings. The molecule has 0 aliphatic heterocycles. The Bertz CT molecular complexity index is 908. The summed E-state index contributed by atoms with van der Waals surface area (Å²) >= 11 is 1.22. The number of carbonyl (C=O) groups is 1. The number of benzene rings is 1. The lowest BCUT2D eigenvalue weighted by molar-refractivity contribution is -0.385. The molecule has 1 aromatic heterocycles. The minimum absolute atomic E-state index is 0.0850. The number of nitrogens with zero attached hydrogens (tertiary/aromatic N) is 2. The molecule has 0 atom stereocenters. The van der Waals surface area contributed by atoms with Crippen molar-refractivity contribution in [2.45, 2.75) is 6.92 Å². The average molecular weight is 358 g/mol. The molecule has 8 heteroatoms. The number of carbonyl (C=O) groups excluding carboxylic acids is 1. The van der Waals surface area contributed by atoms with Crippen LogP contribution in [0.4, 0.5) is 5.69 Å². The first-order valence-corrected chi connectivity index (χ1v) is 7.91. The fraction of sp³-hybridized carbons (Fsp3) is 0.176. The topological polar surface area (TPSA) is 102 Å². The molecule has 0 bridgehead atoms. The van der Waals surface area contributed by atoms with Gasteiger partial charge >= 0.3 is 0 Å². The van der Waals surface area contributed by atoms with Gasteiger partial charge in [0, 0.05) is 0 Å². The zero-order chi connectivity index (χ0) is 18.6. The maximum absolute atomic E-state index is 12.5. The summed E-state index contributed by atoms with van der Waals surface area (Å²) in [6, 6.07) is 6.15. The molecule has 0 amide bonds. The molecule has 128 valence electrons. The summed E-state index contributed by atoms with van der Waals surface area (Å²) in [5, 5.41) is 22.4. The molecule has 0 unspecified atom stereocenters. The summed E-state index contributed by atoms with van der Waals surface area (Å²) in [5.74, 6) is -0.0271. The monoisotopic (exact) mass is 358 g/mol. The number of ketones is 1. The summed E-state index contributed by atoms with van der Waals surface area (Å²) in [7, 11) is 2.75. The number of rotatable bonds is 6. The maximum atomic E-state index is 12.5. The van der Waals surface area contributed by atoms with Gasteiger partial charge in [0.25, 0.3) is 5.69 Å². The van der Waals surface area contributed by atoms with Crippen LogP contribution in [0, 0.1) is 28.4 Å². The molecule has 7 nitrogen and oxygen atoms in total. The smallest absolute Gasteiger partial charge is 0.280 e. The molecule has 2 rings (SSSR count). The molecular weight excluding hydrogens is 344 g/mol. The van der Waals surface area contributed by atoms with Gasteiger partial charge < -0.3 is 9.47 Å². The quantitative estimate of drug-likeness (QED) is 0.256. The number of methoxy groups -OCH3 is 2. The molecule has 0 aliphatic carbocycles. The summed E-state index contributed by atoms with van der Waals surface area (Å²) < 4.78 is 10.2. The molecule has 0 radical (unpaired) electrons. The molecule has 0 spiro atoms. The predicted molar refractivity (Wildman–Crippen MR) is 93.2 cm³/mol. The van der Waals surface area contributed by atoms with Gasteiger partial charge in [-0.3, -0.25) is 14.9 Å². The highest BCUT2D eigenvalue weighted by molar-refractivity contribution is 7.12. The molecular formula is C17H14N2O5S. The van der Waals surface area contributed by atoms with Crippen LogP contribution in [0.25, 0.3) is 6.08 Å². The number of nitriles is 1. The van der Waals surface area contributed by atoms with E-state index >= 15 is 0 Å². The van der Waals surface area contributed by atoms with E-state index in [9.17, 15) is 20.2 Å². The van der Waals surface area contributed by atoms with Crippen molar-refractivity contribution in [1.29, 1.82) is 5.26 Å². The highest BCUT2D eigenvalue weighted by Gasteiger charge is 2.21. The number of nitro benzene ring substituents is 1. The van der Waals surface area contributed by atoms with Gasteiger partial charge in [0.1, 0.15) is 11.6 Å². The standard InChI is InChI=1S/C17H14N2O5S/c1-10-4-5-25-17(10)16(20)12(9-18)6-11-7-14(23-2)15(24-3)8-13(11)19(21)22/h4-8H,1-3H3/b12-6+. The van der Waals surface area contributed by atoms with Crippen molar-refractivity contribution in [3.8, 4) is 17.6 Å². The normalized spacial score (nSPS) is 10.9. The average Bonchev–Trinajstić information content (AvgIpc) is 3.04. The van der Waals surface area contributed by atoms with Crippen LogP contribution in [-0.2, 0) is 0 Å². The van der Waals surface area contributed by atoms with E-state index in [0.717, 1.165) is 5.56 Å². The van der Waals surface area contributed by atoms with Crippen LogP contribution in [0.3, 0.4) is 0 Å². The fourth-order valence-electron chi connectivity index (χ4n) is 2.19. The highest BCUT2D eigenvalue weighted by Crippen LogP contribution is 2.36. The third-order valence-electron chi connectivity index (χ3n) is 3.46. The van der Waals surface area contributed by atoms with Crippen LogP contribution >= 0.6 is 11.3 Å². The van der Waals surface area contributed by atoms with E-state index in [1.807, 2.05) is 6.07 Å². The molecule has 0 fully saturated rings. The summed E-state index contributed by atoms with van der Waals surface area (Å²) in [5.41, 5.74) is 0.349. The number of hydrogen-bond acceptors (Lipinski definition) is 7. The summed E-state index contributed by atoms with van der Waals surface area (Å²) in [6.45, 7) is 1.76. The maximum Gasteiger partial charge on any atom is 0.280 e. The van der Waals surface area contributed by atoms with E-state index in [1.54, 1.807) is 18.4 Å². The first-order valence-electron chi connectivity index (χ1n) is 7.04. The Morgan fingerprint density at radius 1 is 1.32 bits per heavy atom. The number of allylic oxidation sites excluding steroid dienone is 1. The van der Waals surface area contributed by atoms with Gasteiger partial charge in [-0.15, -0.1) is 11.3 Å². The van der Waals surface area contributed by atoms with E-state index in [4.69, 9.17) is 9.47 Å². The van der Waals surface area contributed by atoms with Crippen molar-refractivity contribution in [3.63, 3.8) is 0 Å². The zero-order valence-electron chi connectivity index (χ0n) is 13.7. The van der Waals surface area contributed by atoms with Crippen LogP contribution in [0.2, 0.25) is 0 Å². The number of Topliss-reactive ketones (excluding diaryl/α,β-unsaturated/α-hetero) is 1. The molecule has 1 heterocycles. The van der Waals surface area contributed by atoms with Gasteiger partial charge in [0.15, 0.2) is 11.5 Å². The first kappa shape index (κ1) is 18.2. The van der Waals surface area contributed by atoms with Gasteiger partial charge in [0.2, 0.25) is 5.78 Å². The number of aryl methyl sites for hydroxylation is 1. The number of thiophene rings is 1. The van der Waals surface area contributed by atoms with Gasteiger partial charge in [-0.25, -0.2) is 0 Å². The minimum Gasteiger partial charge on any atom is -0.493 e. The van der Waals surface area contributed by atoms with Gasteiger partial charge in [-0.2, -0.15) is 5.26 Å². The van der Waals surface area contributed by atoms with Crippen molar-refractivity contribution in [3.05, 3.63) is 55.3 Å². The van der Waals surface area contributed by atoms with E-state index < -0.39 is 10.7 Å². The lowest BCUT2D eigenvalue weighted by Gasteiger charge is -2.09. The van der Waals surface area contributed by atoms with Crippen molar-refractivity contribution in [1.82, 2.24) is 0 Å². The molecule has 0 saturated heterocycles. The fourth-order valence-corrected chi connectivity index (χ4v) is 3.07. The van der Waals surface area contributed by atoms with Crippen LogP contribution in [0.5, 0.6) is 11.5 Å². The van der Waals surface area contributed by atoms with E-state index in [-0.39, 0.29) is 28.3 Å². The predicted octanol–water partition coefficient (Wildman–Crippen LogP) is 3.77. The van der Waals surface area contributed by atoms with Crippen molar-refractivity contribution in [2.24, 2.45) is 0 Å². The van der Waals surface area contributed by atoms with Crippen LogP contribution in [0.1, 0.15) is 20.8 Å². The second-order valence-electron chi connectivity index (χ2n) is 4.95. The van der Waals surface area contributed by atoms with Crippen molar-refractivity contribution >= 4 is 28.9 Å². The van der Waals surface area contributed by atoms with Crippen molar-refractivity contribution in [2.75, 3.05) is 14.2 Å². The molecule has 0 N–H and O–H groups in total. The van der Waals surface area contributed by atoms with Crippen molar-refractivity contribution < 1.29 is 19.2 Å². The Morgan fingerprint density at radius 3 is 2.44 bits per heavy atom. The highest BCUT2D eigenvalue weighted by atomic mass is 32.1. The Hall–Kier alpha value is -3.18. The Labute approximate surface area is 147 Å². The zero-order valence-corrected chi connectivity index (χ0v) is 14.5. The van der Waals surface area contributed by atoms with E-state index in [0.29, 0.717) is 4.88 Å². The molecule has 0 saturated carbocycles. The number of hydrogen-bond donors (Lipinski definition) is 0. The first-order chi connectivity index (χ1) is 11.9. The molecule has 1 aromatic carbocycles.